The number of ether oxygens (including phenoxy) is 1. The van der Waals surface area contributed by atoms with Gasteiger partial charge in [-0.1, -0.05) is 12.1 Å². The summed E-state index contributed by atoms with van der Waals surface area (Å²) in [5.74, 6) is 1.29. The number of aromatic nitrogens is 2. The van der Waals surface area contributed by atoms with E-state index >= 15 is 0 Å². The normalized spacial score (nSPS) is 10.5. The highest BCUT2D eigenvalue weighted by Gasteiger charge is 2.15. The van der Waals surface area contributed by atoms with Crippen molar-refractivity contribution in [3.63, 3.8) is 0 Å². The first-order valence-corrected chi connectivity index (χ1v) is 8.98. The molecule has 3 rings (SSSR count). The fourth-order valence-electron chi connectivity index (χ4n) is 2.62. The molecule has 1 aromatic carbocycles. The van der Waals surface area contributed by atoms with Crippen molar-refractivity contribution >= 4 is 23.2 Å². The van der Waals surface area contributed by atoms with Crippen LogP contribution >= 0.6 is 0 Å². The van der Waals surface area contributed by atoms with Crippen molar-refractivity contribution in [2.75, 3.05) is 31.3 Å². The largest absolute Gasteiger partial charge is 0.394 e. The highest BCUT2D eigenvalue weighted by molar-refractivity contribution is 5.94. The van der Waals surface area contributed by atoms with Crippen LogP contribution < -0.4 is 10.2 Å². The molecule has 0 saturated heterocycles. The number of hydrogen-bond acceptors (Lipinski definition) is 6. The first-order valence-electron chi connectivity index (χ1n) is 8.98. The van der Waals surface area contributed by atoms with E-state index in [0.29, 0.717) is 18.7 Å². The summed E-state index contributed by atoms with van der Waals surface area (Å²) in [6, 6.07) is 18.6. The van der Waals surface area contributed by atoms with Crippen LogP contribution in [-0.2, 0) is 4.74 Å². The lowest BCUT2D eigenvalue weighted by molar-refractivity contribution is 0.0838. The van der Waals surface area contributed by atoms with Crippen LogP contribution in [-0.4, -0.2) is 47.3 Å². The molecule has 0 spiro atoms. The number of rotatable bonds is 9. The molecular formula is C21H22N4O3. The van der Waals surface area contributed by atoms with E-state index in [1.807, 2.05) is 53.4 Å². The fraction of sp³-hybridized carbons (Fsp3) is 0.190. The van der Waals surface area contributed by atoms with Crippen LogP contribution in [0.25, 0.3) is 0 Å². The second-order valence-corrected chi connectivity index (χ2v) is 5.85. The van der Waals surface area contributed by atoms with E-state index in [4.69, 9.17) is 9.84 Å². The van der Waals surface area contributed by atoms with Crippen molar-refractivity contribution in [1.82, 2.24) is 15.3 Å². The zero-order chi connectivity index (χ0) is 19.6. The molecule has 0 aliphatic heterocycles. The van der Waals surface area contributed by atoms with E-state index in [0.717, 1.165) is 17.3 Å². The number of carbonyl (C=O) groups excluding carboxylic acids is 1. The maximum Gasteiger partial charge on any atom is 0.251 e. The first kappa shape index (κ1) is 19.5. The molecule has 28 heavy (non-hydrogen) atoms. The summed E-state index contributed by atoms with van der Waals surface area (Å²) < 4.78 is 5.13. The Morgan fingerprint density at radius 1 is 0.929 bits per heavy atom. The van der Waals surface area contributed by atoms with Gasteiger partial charge in [-0.15, -0.1) is 0 Å². The molecule has 2 heterocycles. The van der Waals surface area contributed by atoms with Gasteiger partial charge in [0.25, 0.3) is 5.91 Å². The average molecular weight is 378 g/mol. The van der Waals surface area contributed by atoms with Gasteiger partial charge in [-0.3, -0.25) is 9.69 Å². The Hall–Kier alpha value is -3.29. The predicted octanol–water partition coefficient (Wildman–Crippen LogP) is 2.69. The maximum atomic E-state index is 12.2. The summed E-state index contributed by atoms with van der Waals surface area (Å²) in [7, 11) is 0. The minimum absolute atomic E-state index is 0.0293. The molecule has 0 aliphatic rings. The number of nitrogens with one attached hydrogen (secondary N) is 1. The Balaban J connectivity index is 1.75. The number of anilines is 3. The van der Waals surface area contributed by atoms with Gasteiger partial charge < -0.3 is 15.2 Å². The third kappa shape index (κ3) is 5.12. The van der Waals surface area contributed by atoms with E-state index in [9.17, 15) is 4.79 Å². The summed E-state index contributed by atoms with van der Waals surface area (Å²) >= 11 is 0. The molecule has 0 unspecified atom stereocenters. The van der Waals surface area contributed by atoms with Crippen LogP contribution in [0.3, 0.4) is 0 Å². The highest BCUT2D eigenvalue weighted by atomic mass is 16.5. The fourth-order valence-corrected chi connectivity index (χ4v) is 2.62. The van der Waals surface area contributed by atoms with Crippen LogP contribution in [0.4, 0.5) is 17.3 Å². The van der Waals surface area contributed by atoms with Crippen molar-refractivity contribution in [1.29, 1.82) is 0 Å². The van der Waals surface area contributed by atoms with E-state index < -0.39 is 0 Å². The number of pyridine rings is 2. The monoisotopic (exact) mass is 378 g/mol. The number of nitrogens with zero attached hydrogens (tertiary/aromatic N) is 3. The van der Waals surface area contributed by atoms with Gasteiger partial charge in [-0.05, 0) is 48.5 Å². The molecule has 2 N–H and O–H groups in total. The number of aliphatic hydroxyl groups excluding tert-OH is 1. The predicted molar refractivity (Wildman–Crippen MR) is 107 cm³/mol. The number of benzene rings is 1. The van der Waals surface area contributed by atoms with E-state index in [2.05, 4.69) is 15.3 Å². The summed E-state index contributed by atoms with van der Waals surface area (Å²) in [4.78, 5) is 23.0. The minimum Gasteiger partial charge on any atom is -0.394 e. The molecule has 0 bridgehead atoms. The van der Waals surface area contributed by atoms with E-state index in [-0.39, 0.29) is 19.1 Å². The molecule has 0 atom stereocenters. The van der Waals surface area contributed by atoms with Gasteiger partial charge in [-0.2, -0.15) is 0 Å². The zero-order valence-corrected chi connectivity index (χ0v) is 15.4. The Morgan fingerprint density at radius 3 is 2.11 bits per heavy atom. The second kappa shape index (κ2) is 10.1. The maximum absolute atomic E-state index is 12.2. The Morgan fingerprint density at radius 2 is 1.57 bits per heavy atom. The SMILES string of the molecule is O=C(NCCOCCO)c1ccc(N(c2ccccn2)c2ccccn2)cc1. The van der Waals surface area contributed by atoms with Gasteiger partial charge in [0.15, 0.2) is 0 Å². The van der Waals surface area contributed by atoms with Crippen molar-refractivity contribution in [3.8, 4) is 0 Å². The molecule has 0 radical (unpaired) electrons. The van der Waals surface area contributed by atoms with Gasteiger partial charge in [-0.25, -0.2) is 9.97 Å². The molecule has 2 aromatic heterocycles. The van der Waals surface area contributed by atoms with E-state index in [1.165, 1.54) is 0 Å². The Bertz CT molecular complexity index is 818. The smallest absolute Gasteiger partial charge is 0.251 e. The van der Waals surface area contributed by atoms with Crippen LogP contribution in [0.15, 0.2) is 73.1 Å². The van der Waals surface area contributed by atoms with Crippen LogP contribution in [0.1, 0.15) is 10.4 Å². The van der Waals surface area contributed by atoms with Crippen molar-refractivity contribution in [2.45, 2.75) is 0 Å². The summed E-state index contributed by atoms with van der Waals surface area (Å²) in [5.41, 5.74) is 1.40. The van der Waals surface area contributed by atoms with Crippen LogP contribution in [0.5, 0.6) is 0 Å². The van der Waals surface area contributed by atoms with Gasteiger partial charge in [0.05, 0.1) is 19.8 Å². The number of amides is 1. The van der Waals surface area contributed by atoms with Gasteiger partial charge in [0, 0.05) is 30.2 Å². The molecule has 7 heteroatoms. The van der Waals surface area contributed by atoms with Gasteiger partial charge >= 0.3 is 0 Å². The van der Waals surface area contributed by atoms with Crippen LogP contribution in [0, 0.1) is 0 Å². The third-order valence-corrected chi connectivity index (χ3v) is 3.91. The Kier molecular flexibility index (Phi) is 7.06. The molecule has 0 aliphatic carbocycles. The summed E-state index contributed by atoms with van der Waals surface area (Å²) in [6.07, 6.45) is 3.46. The zero-order valence-electron chi connectivity index (χ0n) is 15.4. The van der Waals surface area contributed by atoms with Gasteiger partial charge in [0.2, 0.25) is 0 Å². The molecule has 0 saturated carbocycles. The van der Waals surface area contributed by atoms with Crippen molar-refractivity contribution < 1.29 is 14.6 Å². The Labute approximate surface area is 163 Å². The molecule has 144 valence electrons. The van der Waals surface area contributed by atoms with Crippen molar-refractivity contribution in [2.24, 2.45) is 0 Å². The standard InChI is InChI=1S/C21H22N4O3/c26-14-16-28-15-13-24-21(27)17-7-9-18(10-8-17)25(19-5-1-3-11-22-19)20-6-2-4-12-23-20/h1-12,26H,13-16H2,(H,24,27). The highest BCUT2D eigenvalue weighted by Crippen LogP contribution is 2.31. The lowest BCUT2D eigenvalue weighted by Gasteiger charge is -2.23. The number of hydrogen-bond donors (Lipinski definition) is 2. The molecule has 7 nitrogen and oxygen atoms in total. The first-order chi connectivity index (χ1) is 13.8. The average Bonchev–Trinajstić information content (AvgIpc) is 2.76. The van der Waals surface area contributed by atoms with Gasteiger partial charge in [0.1, 0.15) is 11.6 Å². The van der Waals surface area contributed by atoms with E-state index in [1.54, 1.807) is 24.5 Å². The third-order valence-electron chi connectivity index (χ3n) is 3.91. The summed E-state index contributed by atoms with van der Waals surface area (Å²) in [6.45, 7) is 0.978. The molecular weight excluding hydrogens is 356 g/mol. The molecule has 3 aromatic rings. The molecule has 0 fully saturated rings. The quantitative estimate of drug-likeness (QED) is 0.557. The lowest BCUT2D eigenvalue weighted by Crippen LogP contribution is -2.27. The lowest BCUT2D eigenvalue weighted by atomic mass is 10.1. The topological polar surface area (TPSA) is 87.6 Å². The number of aliphatic hydroxyl groups is 1. The molecule has 1 amide bonds. The summed E-state index contributed by atoms with van der Waals surface area (Å²) in [5, 5.41) is 11.4. The van der Waals surface area contributed by atoms with Crippen LogP contribution in [0.2, 0.25) is 0 Å². The minimum atomic E-state index is -0.179. The second-order valence-electron chi connectivity index (χ2n) is 5.85. The number of carbonyl (C=O) groups is 1. The van der Waals surface area contributed by atoms with Crippen molar-refractivity contribution in [3.05, 3.63) is 78.6 Å².